The van der Waals surface area contributed by atoms with E-state index in [1.807, 2.05) is 24.0 Å². The molecule has 0 atom stereocenters. The van der Waals surface area contributed by atoms with Crippen molar-refractivity contribution in [3.05, 3.63) is 28.9 Å². The van der Waals surface area contributed by atoms with E-state index in [0.717, 1.165) is 11.1 Å². The van der Waals surface area contributed by atoms with Gasteiger partial charge in [-0.1, -0.05) is 15.9 Å². The number of halogens is 1. The number of nitrogens with zero attached hydrogens (tertiary/aromatic N) is 1. The predicted molar refractivity (Wildman–Crippen MR) is 53.4 cm³/mol. The summed E-state index contributed by atoms with van der Waals surface area (Å²) >= 11 is 3.27. The number of rotatable bonds is 2. The maximum atomic E-state index is 5.00. The normalized spacial score (nSPS) is 11.4. The molecule has 12 heavy (non-hydrogen) atoms. The molecule has 3 heteroatoms. The largest absolute Gasteiger partial charge is 0.481 e. The Balaban J connectivity index is 3.02. The van der Waals surface area contributed by atoms with E-state index < -0.39 is 0 Å². The topological polar surface area (TPSA) is 22.1 Å². The Morgan fingerprint density at radius 3 is 3.00 bits per heavy atom. The van der Waals surface area contributed by atoms with Gasteiger partial charge in [0.1, 0.15) is 0 Å². The number of hydrogen-bond acceptors (Lipinski definition) is 2. The second kappa shape index (κ2) is 4.26. The Bertz CT molecular complexity index is 296. The fourth-order valence-corrected chi connectivity index (χ4v) is 1.09. The summed E-state index contributed by atoms with van der Waals surface area (Å²) in [6.45, 7) is 2.02. The molecule has 0 fully saturated rings. The fourth-order valence-electron chi connectivity index (χ4n) is 0.829. The van der Waals surface area contributed by atoms with Crippen molar-refractivity contribution in [1.82, 2.24) is 4.98 Å². The van der Waals surface area contributed by atoms with E-state index in [1.165, 1.54) is 0 Å². The van der Waals surface area contributed by atoms with Crippen LogP contribution in [0.1, 0.15) is 12.5 Å². The molecule has 0 aliphatic heterocycles. The zero-order valence-corrected chi connectivity index (χ0v) is 8.63. The first-order chi connectivity index (χ1) is 5.77. The minimum atomic E-state index is 0.640. The third-order valence-electron chi connectivity index (χ3n) is 1.56. The summed E-state index contributed by atoms with van der Waals surface area (Å²) in [6.07, 6.45) is 1.73. The number of pyridine rings is 1. The summed E-state index contributed by atoms with van der Waals surface area (Å²) < 4.78 is 5.00. The molecule has 0 bridgehead atoms. The van der Waals surface area contributed by atoms with Gasteiger partial charge in [0.05, 0.1) is 7.11 Å². The highest BCUT2D eigenvalue weighted by Crippen LogP contribution is 2.18. The van der Waals surface area contributed by atoms with Crippen LogP contribution in [0.2, 0.25) is 0 Å². The van der Waals surface area contributed by atoms with Gasteiger partial charge >= 0.3 is 0 Å². The fraction of sp³-hybridized carbons (Fsp3) is 0.222. The van der Waals surface area contributed by atoms with E-state index in [-0.39, 0.29) is 0 Å². The minimum absolute atomic E-state index is 0.640. The highest BCUT2D eigenvalue weighted by molar-refractivity contribution is 9.11. The molecule has 0 unspecified atom stereocenters. The van der Waals surface area contributed by atoms with Gasteiger partial charge in [0.15, 0.2) is 0 Å². The molecule has 1 aromatic rings. The van der Waals surface area contributed by atoms with Gasteiger partial charge in [0.25, 0.3) is 0 Å². The number of allylic oxidation sites excluding steroid dienone is 1. The number of hydrogen-bond donors (Lipinski definition) is 0. The third kappa shape index (κ3) is 2.08. The van der Waals surface area contributed by atoms with Gasteiger partial charge in [-0.2, -0.15) is 0 Å². The van der Waals surface area contributed by atoms with Gasteiger partial charge in [0.2, 0.25) is 5.88 Å². The van der Waals surface area contributed by atoms with Crippen LogP contribution >= 0.6 is 15.9 Å². The second-order valence-electron chi connectivity index (χ2n) is 2.38. The van der Waals surface area contributed by atoms with E-state index in [0.29, 0.717) is 5.88 Å². The highest BCUT2D eigenvalue weighted by atomic mass is 79.9. The van der Waals surface area contributed by atoms with E-state index >= 15 is 0 Å². The van der Waals surface area contributed by atoms with E-state index in [9.17, 15) is 0 Å². The molecule has 64 valence electrons. The van der Waals surface area contributed by atoms with E-state index in [1.54, 1.807) is 13.3 Å². The predicted octanol–water partition coefficient (Wildman–Crippen LogP) is 2.85. The van der Waals surface area contributed by atoms with Crippen molar-refractivity contribution >= 4 is 21.5 Å². The Morgan fingerprint density at radius 1 is 1.67 bits per heavy atom. The summed E-state index contributed by atoms with van der Waals surface area (Å²) in [6, 6.07) is 3.84. The van der Waals surface area contributed by atoms with Crippen molar-refractivity contribution < 1.29 is 4.74 Å². The zero-order chi connectivity index (χ0) is 8.97. The van der Waals surface area contributed by atoms with Crippen LogP contribution < -0.4 is 4.74 Å². The maximum absolute atomic E-state index is 5.00. The molecular formula is C9H10BrNO. The lowest BCUT2D eigenvalue weighted by Crippen LogP contribution is -1.88. The molecular weight excluding hydrogens is 218 g/mol. The van der Waals surface area contributed by atoms with Gasteiger partial charge < -0.3 is 4.74 Å². The lowest BCUT2D eigenvalue weighted by molar-refractivity contribution is 0.398. The zero-order valence-electron chi connectivity index (χ0n) is 7.04. The molecule has 0 aliphatic rings. The van der Waals surface area contributed by atoms with Crippen molar-refractivity contribution in [3.8, 4) is 5.88 Å². The first-order valence-corrected chi connectivity index (χ1v) is 4.47. The molecule has 1 aromatic heterocycles. The average Bonchev–Trinajstić information content (AvgIpc) is 2.17. The standard InChI is InChI=1S/C9H10BrNO/c1-7(6-10)8-3-4-11-9(5-8)12-2/h3-6H,1-2H3. The quantitative estimate of drug-likeness (QED) is 0.776. The van der Waals surface area contributed by atoms with Crippen LogP contribution in [0.25, 0.3) is 5.57 Å². The molecule has 1 rings (SSSR count). The molecule has 0 amide bonds. The molecule has 0 saturated carbocycles. The summed E-state index contributed by atoms with van der Waals surface area (Å²) in [4.78, 5) is 5.89. The number of aromatic nitrogens is 1. The lowest BCUT2D eigenvalue weighted by atomic mass is 10.1. The molecule has 0 spiro atoms. The van der Waals surface area contributed by atoms with Crippen molar-refractivity contribution in [2.75, 3.05) is 7.11 Å². The smallest absolute Gasteiger partial charge is 0.213 e. The molecule has 0 radical (unpaired) electrons. The first-order valence-electron chi connectivity index (χ1n) is 3.55. The minimum Gasteiger partial charge on any atom is -0.481 e. The number of ether oxygens (including phenoxy) is 1. The van der Waals surface area contributed by atoms with Crippen LogP contribution in [0.4, 0.5) is 0 Å². The summed E-state index contributed by atoms with van der Waals surface area (Å²) in [5, 5.41) is 0. The van der Waals surface area contributed by atoms with Crippen LogP contribution in [0.15, 0.2) is 23.3 Å². The van der Waals surface area contributed by atoms with E-state index in [2.05, 4.69) is 20.9 Å². The van der Waals surface area contributed by atoms with Gasteiger partial charge in [-0.25, -0.2) is 4.98 Å². The van der Waals surface area contributed by atoms with Crippen molar-refractivity contribution in [2.24, 2.45) is 0 Å². The van der Waals surface area contributed by atoms with Gasteiger partial charge in [-0.15, -0.1) is 0 Å². The van der Waals surface area contributed by atoms with Gasteiger partial charge in [0, 0.05) is 12.3 Å². The van der Waals surface area contributed by atoms with Crippen LogP contribution in [0.5, 0.6) is 5.88 Å². The van der Waals surface area contributed by atoms with Crippen molar-refractivity contribution in [3.63, 3.8) is 0 Å². The molecule has 2 nitrogen and oxygen atoms in total. The van der Waals surface area contributed by atoms with Crippen molar-refractivity contribution in [1.29, 1.82) is 0 Å². The Kier molecular flexibility index (Phi) is 3.29. The maximum Gasteiger partial charge on any atom is 0.213 e. The Labute approximate surface area is 80.4 Å². The molecule has 0 saturated heterocycles. The average molecular weight is 228 g/mol. The molecule has 1 heterocycles. The lowest BCUT2D eigenvalue weighted by Gasteiger charge is -2.02. The monoisotopic (exact) mass is 227 g/mol. The summed E-state index contributed by atoms with van der Waals surface area (Å²) in [7, 11) is 1.61. The van der Waals surface area contributed by atoms with Crippen LogP contribution in [0, 0.1) is 0 Å². The molecule has 0 N–H and O–H groups in total. The molecule has 0 aliphatic carbocycles. The van der Waals surface area contributed by atoms with E-state index in [4.69, 9.17) is 4.74 Å². The Hall–Kier alpha value is -0.830. The van der Waals surface area contributed by atoms with Gasteiger partial charge in [-0.05, 0) is 29.1 Å². The second-order valence-corrected chi connectivity index (χ2v) is 2.84. The third-order valence-corrected chi connectivity index (χ3v) is 2.25. The highest BCUT2D eigenvalue weighted by Gasteiger charge is 1.97. The van der Waals surface area contributed by atoms with Gasteiger partial charge in [-0.3, -0.25) is 0 Å². The summed E-state index contributed by atoms with van der Waals surface area (Å²) in [5.74, 6) is 0.640. The molecule has 0 aromatic carbocycles. The van der Waals surface area contributed by atoms with Crippen LogP contribution in [0.3, 0.4) is 0 Å². The van der Waals surface area contributed by atoms with Crippen LogP contribution in [-0.2, 0) is 0 Å². The van der Waals surface area contributed by atoms with Crippen molar-refractivity contribution in [2.45, 2.75) is 6.92 Å². The number of methoxy groups -OCH3 is 1. The SMILES string of the molecule is COc1cc(C(C)=CBr)ccn1. The Morgan fingerprint density at radius 2 is 2.42 bits per heavy atom. The first kappa shape index (κ1) is 9.26. The summed E-state index contributed by atoms with van der Waals surface area (Å²) in [5.41, 5.74) is 2.26. The van der Waals surface area contributed by atoms with Crippen LogP contribution in [-0.4, -0.2) is 12.1 Å².